The highest BCUT2D eigenvalue weighted by molar-refractivity contribution is 5.52. The zero-order valence-corrected chi connectivity index (χ0v) is 8.80. The number of nitrogens with one attached hydrogen (secondary N) is 1. The van der Waals surface area contributed by atoms with E-state index in [-0.39, 0.29) is 11.9 Å². The van der Waals surface area contributed by atoms with E-state index in [9.17, 15) is 10.1 Å². The molecule has 1 unspecified atom stereocenters. The van der Waals surface area contributed by atoms with Crippen molar-refractivity contribution in [3.05, 3.63) is 16.4 Å². The number of rotatable bonds is 4. The molecule has 82 valence electrons. The van der Waals surface area contributed by atoms with E-state index in [0.717, 1.165) is 0 Å². The second-order valence-electron chi connectivity index (χ2n) is 4.06. The molecule has 6 nitrogen and oxygen atoms in total. The van der Waals surface area contributed by atoms with E-state index in [0.29, 0.717) is 11.7 Å². The van der Waals surface area contributed by atoms with Crippen molar-refractivity contribution in [3.63, 3.8) is 0 Å². The Bertz CT molecular complexity index is 383. The number of aryl methyl sites for hydroxylation is 1. The SMILES string of the molecule is CC(Nc1c([N+](=O)[O-])ncn1C)C1CC1. The maximum Gasteiger partial charge on any atom is 0.406 e. The number of nitro groups is 1. The van der Waals surface area contributed by atoms with Crippen LogP contribution >= 0.6 is 0 Å². The van der Waals surface area contributed by atoms with Crippen LogP contribution in [-0.4, -0.2) is 20.5 Å². The third-order valence-corrected chi connectivity index (χ3v) is 2.78. The predicted octanol–water partition coefficient (Wildman–Crippen LogP) is 1.54. The molecule has 0 radical (unpaired) electrons. The number of anilines is 1. The molecule has 0 bridgehead atoms. The summed E-state index contributed by atoms with van der Waals surface area (Å²) in [4.78, 5) is 14.0. The van der Waals surface area contributed by atoms with Crippen LogP contribution in [0.5, 0.6) is 0 Å². The summed E-state index contributed by atoms with van der Waals surface area (Å²) in [6.45, 7) is 2.05. The number of aromatic nitrogens is 2. The van der Waals surface area contributed by atoms with Gasteiger partial charge in [0.1, 0.15) is 0 Å². The highest BCUT2D eigenvalue weighted by atomic mass is 16.6. The third-order valence-electron chi connectivity index (χ3n) is 2.78. The molecule has 1 saturated carbocycles. The van der Waals surface area contributed by atoms with E-state index < -0.39 is 4.92 Å². The minimum absolute atomic E-state index is 0.0926. The van der Waals surface area contributed by atoms with E-state index in [2.05, 4.69) is 10.3 Å². The van der Waals surface area contributed by atoms with E-state index >= 15 is 0 Å². The van der Waals surface area contributed by atoms with Gasteiger partial charge in [0.15, 0.2) is 0 Å². The Labute approximate surface area is 87.5 Å². The van der Waals surface area contributed by atoms with E-state index in [1.807, 2.05) is 6.92 Å². The average Bonchev–Trinajstić information content (AvgIpc) is 2.94. The van der Waals surface area contributed by atoms with Crippen LogP contribution in [0.3, 0.4) is 0 Å². The lowest BCUT2D eigenvalue weighted by molar-refractivity contribution is -0.388. The molecule has 2 rings (SSSR count). The minimum Gasteiger partial charge on any atom is -0.362 e. The van der Waals surface area contributed by atoms with Gasteiger partial charge in [0.25, 0.3) is 0 Å². The molecule has 0 spiro atoms. The molecule has 1 heterocycles. The van der Waals surface area contributed by atoms with Crippen LogP contribution < -0.4 is 5.32 Å². The zero-order chi connectivity index (χ0) is 11.0. The summed E-state index contributed by atoms with van der Waals surface area (Å²) >= 11 is 0. The molecule has 1 aliphatic carbocycles. The quantitative estimate of drug-likeness (QED) is 0.604. The minimum atomic E-state index is -0.456. The molecule has 1 aromatic rings. The van der Waals surface area contributed by atoms with Crippen LogP contribution in [0.25, 0.3) is 0 Å². The van der Waals surface area contributed by atoms with Crippen LogP contribution in [0.1, 0.15) is 19.8 Å². The molecule has 1 fully saturated rings. The second-order valence-corrected chi connectivity index (χ2v) is 4.06. The summed E-state index contributed by atoms with van der Waals surface area (Å²) in [5, 5.41) is 13.9. The number of hydrogen-bond donors (Lipinski definition) is 1. The fourth-order valence-electron chi connectivity index (χ4n) is 1.65. The molecule has 15 heavy (non-hydrogen) atoms. The van der Waals surface area contributed by atoms with Crippen molar-refractivity contribution >= 4 is 11.6 Å². The van der Waals surface area contributed by atoms with Gasteiger partial charge in [-0.1, -0.05) is 0 Å². The van der Waals surface area contributed by atoms with Gasteiger partial charge in [-0.2, -0.15) is 0 Å². The van der Waals surface area contributed by atoms with Gasteiger partial charge >= 0.3 is 5.82 Å². The van der Waals surface area contributed by atoms with Crippen LogP contribution in [0.15, 0.2) is 6.33 Å². The standard InChI is InChI=1S/C9H14N4O2/c1-6(7-3-4-7)11-9-8(13(14)15)10-5-12(9)2/h5-7,11H,3-4H2,1-2H3. The van der Waals surface area contributed by atoms with Gasteiger partial charge < -0.3 is 15.4 Å². The fourth-order valence-corrected chi connectivity index (χ4v) is 1.65. The number of hydrogen-bond acceptors (Lipinski definition) is 4. The Balaban J connectivity index is 2.17. The van der Waals surface area contributed by atoms with Gasteiger partial charge in [0.2, 0.25) is 12.1 Å². The van der Waals surface area contributed by atoms with Gasteiger partial charge in [-0.05, 0) is 35.6 Å². The summed E-state index contributed by atoms with van der Waals surface area (Å²) < 4.78 is 1.65. The lowest BCUT2D eigenvalue weighted by Gasteiger charge is -2.13. The first kappa shape index (κ1) is 9.95. The Morgan fingerprint density at radius 3 is 2.93 bits per heavy atom. The Kier molecular flexibility index (Phi) is 2.34. The molecule has 6 heteroatoms. The van der Waals surface area contributed by atoms with Crippen LogP contribution in [-0.2, 0) is 7.05 Å². The molecule has 0 saturated heterocycles. The topological polar surface area (TPSA) is 73.0 Å². The molecular weight excluding hydrogens is 196 g/mol. The van der Waals surface area contributed by atoms with Crippen molar-refractivity contribution in [2.45, 2.75) is 25.8 Å². The lowest BCUT2D eigenvalue weighted by Crippen LogP contribution is -2.19. The van der Waals surface area contributed by atoms with Gasteiger partial charge in [0, 0.05) is 13.1 Å². The Hall–Kier alpha value is -1.59. The molecule has 1 aromatic heterocycles. The highest BCUT2D eigenvalue weighted by Crippen LogP contribution is 2.35. The molecule has 1 aliphatic rings. The highest BCUT2D eigenvalue weighted by Gasteiger charge is 2.30. The van der Waals surface area contributed by atoms with Crippen molar-refractivity contribution in [1.82, 2.24) is 9.55 Å². The maximum absolute atomic E-state index is 10.7. The van der Waals surface area contributed by atoms with Crippen molar-refractivity contribution in [2.75, 3.05) is 5.32 Å². The average molecular weight is 210 g/mol. The molecule has 0 aliphatic heterocycles. The molecule has 1 atom stereocenters. The van der Waals surface area contributed by atoms with Gasteiger partial charge in [-0.3, -0.25) is 4.57 Å². The summed E-state index contributed by atoms with van der Waals surface area (Å²) in [6.07, 6.45) is 3.87. The number of imidazole rings is 1. The first-order chi connectivity index (χ1) is 7.09. The summed E-state index contributed by atoms with van der Waals surface area (Å²) in [7, 11) is 1.75. The van der Waals surface area contributed by atoms with E-state index in [4.69, 9.17) is 0 Å². The first-order valence-corrected chi connectivity index (χ1v) is 5.02. The van der Waals surface area contributed by atoms with Crippen LogP contribution in [0.2, 0.25) is 0 Å². The lowest BCUT2D eigenvalue weighted by atomic mass is 10.2. The second kappa shape index (κ2) is 3.52. The Morgan fingerprint density at radius 2 is 2.40 bits per heavy atom. The Morgan fingerprint density at radius 1 is 1.73 bits per heavy atom. The van der Waals surface area contributed by atoms with E-state index in [1.165, 1.54) is 19.2 Å². The van der Waals surface area contributed by atoms with Gasteiger partial charge in [0.05, 0.1) is 0 Å². The maximum atomic E-state index is 10.7. The van der Waals surface area contributed by atoms with Crippen molar-refractivity contribution < 1.29 is 4.92 Å². The van der Waals surface area contributed by atoms with Gasteiger partial charge in [-0.15, -0.1) is 0 Å². The van der Waals surface area contributed by atoms with Crippen LogP contribution in [0, 0.1) is 16.0 Å². The van der Waals surface area contributed by atoms with Gasteiger partial charge in [-0.25, -0.2) is 0 Å². The summed E-state index contributed by atoms with van der Waals surface area (Å²) in [5.41, 5.74) is 0. The normalized spacial score (nSPS) is 17.5. The molecule has 0 amide bonds. The monoisotopic (exact) mass is 210 g/mol. The third kappa shape index (κ3) is 1.93. The van der Waals surface area contributed by atoms with E-state index in [1.54, 1.807) is 11.6 Å². The smallest absolute Gasteiger partial charge is 0.362 e. The fraction of sp³-hybridized carbons (Fsp3) is 0.667. The van der Waals surface area contributed by atoms with Crippen LogP contribution in [0.4, 0.5) is 11.6 Å². The zero-order valence-electron chi connectivity index (χ0n) is 8.80. The summed E-state index contributed by atoms with van der Waals surface area (Å²) in [5.74, 6) is 1.06. The van der Waals surface area contributed by atoms with Crippen molar-refractivity contribution in [2.24, 2.45) is 13.0 Å². The largest absolute Gasteiger partial charge is 0.406 e. The van der Waals surface area contributed by atoms with Crippen molar-refractivity contribution in [1.29, 1.82) is 0 Å². The predicted molar refractivity (Wildman–Crippen MR) is 55.7 cm³/mol. The van der Waals surface area contributed by atoms with Crippen molar-refractivity contribution in [3.8, 4) is 0 Å². The molecule has 1 N–H and O–H groups in total. The number of nitrogens with zero attached hydrogens (tertiary/aromatic N) is 3. The first-order valence-electron chi connectivity index (χ1n) is 5.02. The molecular formula is C9H14N4O2. The molecule has 0 aromatic carbocycles. The summed E-state index contributed by atoms with van der Waals surface area (Å²) in [6, 6.07) is 0.277.